The molecule has 0 unspecified atom stereocenters. The molecule has 3 aromatic rings. The minimum absolute atomic E-state index is 0.357. The summed E-state index contributed by atoms with van der Waals surface area (Å²) in [5.74, 6) is 0.502. The van der Waals surface area contributed by atoms with Crippen LogP contribution in [-0.4, -0.2) is 30.1 Å². The molecule has 0 aliphatic carbocycles. The molecule has 1 aromatic heterocycles. The highest BCUT2D eigenvalue weighted by atomic mass is 79.9. The van der Waals surface area contributed by atoms with E-state index in [-0.39, 0.29) is 0 Å². The number of aromatic nitrogens is 2. The van der Waals surface area contributed by atoms with Gasteiger partial charge in [-0.25, -0.2) is 14.8 Å². The zero-order chi connectivity index (χ0) is 19.4. The molecule has 0 saturated carbocycles. The van der Waals surface area contributed by atoms with Crippen LogP contribution >= 0.6 is 15.9 Å². The number of halogens is 1. The summed E-state index contributed by atoms with van der Waals surface area (Å²) in [5.41, 5.74) is 8.54. The van der Waals surface area contributed by atoms with Gasteiger partial charge in [-0.05, 0) is 40.2 Å². The van der Waals surface area contributed by atoms with Gasteiger partial charge in [-0.2, -0.15) is 0 Å². The summed E-state index contributed by atoms with van der Waals surface area (Å²) in [5, 5.41) is 3.19. The van der Waals surface area contributed by atoms with Crippen LogP contribution in [0.5, 0.6) is 0 Å². The first-order valence-electron chi connectivity index (χ1n) is 8.06. The average Bonchev–Trinajstić information content (AvgIpc) is 2.70. The Balaban J connectivity index is 1.99. The van der Waals surface area contributed by atoms with E-state index in [1.165, 1.54) is 13.4 Å². The van der Waals surface area contributed by atoms with Crippen LogP contribution in [0.2, 0.25) is 0 Å². The van der Waals surface area contributed by atoms with Gasteiger partial charge in [0.2, 0.25) is 0 Å². The number of hydrogen-bond acceptors (Lipinski definition) is 7. The average molecular weight is 428 g/mol. The number of nitrogens with zero attached hydrogens (tertiary/aromatic N) is 3. The van der Waals surface area contributed by atoms with Crippen molar-refractivity contribution in [3.63, 3.8) is 0 Å². The lowest BCUT2D eigenvalue weighted by atomic mass is 10.1. The highest BCUT2D eigenvalue weighted by Crippen LogP contribution is 2.34. The largest absolute Gasteiger partial charge is 0.465 e. The maximum Gasteiger partial charge on any atom is 0.339 e. The minimum atomic E-state index is -0.434. The summed E-state index contributed by atoms with van der Waals surface area (Å²) in [4.78, 5) is 22.3. The van der Waals surface area contributed by atoms with Gasteiger partial charge < -0.3 is 20.7 Å². The Labute approximate surface area is 165 Å². The highest BCUT2D eigenvalue weighted by molar-refractivity contribution is 9.10. The van der Waals surface area contributed by atoms with E-state index in [0.29, 0.717) is 28.6 Å². The van der Waals surface area contributed by atoms with E-state index in [9.17, 15) is 4.79 Å². The Hall–Kier alpha value is -3.13. The number of carbonyl (C=O) groups is 1. The van der Waals surface area contributed by atoms with E-state index in [1.807, 2.05) is 30.3 Å². The molecule has 0 bridgehead atoms. The molecule has 0 fully saturated rings. The van der Waals surface area contributed by atoms with E-state index >= 15 is 0 Å². The summed E-state index contributed by atoms with van der Waals surface area (Å²) < 4.78 is 5.75. The number of nitrogens with one attached hydrogen (secondary N) is 1. The monoisotopic (exact) mass is 427 g/mol. The van der Waals surface area contributed by atoms with E-state index < -0.39 is 5.97 Å². The number of hydrogen-bond donors (Lipinski definition) is 2. The van der Waals surface area contributed by atoms with E-state index in [2.05, 4.69) is 31.2 Å². The van der Waals surface area contributed by atoms with Crippen LogP contribution in [0.4, 0.5) is 28.7 Å². The lowest BCUT2D eigenvalue weighted by molar-refractivity contribution is 0.0601. The smallest absolute Gasteiger partial charge is 0.339 e. The normalized spacial score (nSPS) is 10.3. The van der Waals surface area contributed by atoms with Gasteiger partial charge in [0.05, 0.1) is 24.0 Å². The molecule has 3 rings (SSSR count). The zero-order valence-corrected chi connectivity index (χ0v) is 16.4. The van der Waals surface area contributed by atoms with Gasteiger partial charge in [0.25, 0.3) is 0 Å². The van der Waals surface area contributed by atoms with Crippen molar-refractivity contribution in [2.75, 3.05) is 30.1 Å². The fraction of sp³-hybridized carbons (Fsp3) is 0.105. The van der Waals surface area contributed by atoms with E-state index in [0.717, 1.165) is 10.2 Å². The third kappa shape index (κ3) is 3.85. The van der Waals surface area contributed by atoms with Gasteiger partial charge in [-0.3, -0.25) is 0 Å². The van der Waals surface area contributed by atoms with Crippen LogP contribution in [0.3, 0.4) is 0 Å². The summed E-state index contributed by atoms with van der Waals surface area (Å²) in [6.45, 7) is 0. The number of benzene rings is 2. The number of esters is 1. The predicted molar refractivity (Wildman–Crippen MR) is 110 cm³/mol. The topological polar surface area (TPSA) is 93.4 Å². The van der Waals surface area contributed by atoms with Crippen LogP contribution in [0.25, 0.3) is 0 Å². The molecule has 1 heterocycles. The molecule has 0 spiro atoms. The van der Waals surface area contributed by atoms with Gasteiger partial charge >= 0.3 is 5.97 Å². The number of carbonyl (C=O) groups excluding carboxylic acids is 1. The lowest BCUT2D eigenvalue weighted by Crippen LogP contribution is -2.18. The molecule has 8 heteroatoms. The molecule has 0 atom stereocenters. The maximum absolute atomic E-state index is 12.1. The number of ether oxygens (including phenoxy) is 1. The Morgan fingerprint density at radius 3 is 2.59 bits per heavy atom. The third-order valence-electron chi connectivity index (χ3n) is 3.98. The third-order valence-corrected chi connectivity index (χ3v) is 4.67. The molecular weight excluding hydrogens is 410 g/mol. The van der Waals surface area contributed by atoms with Crippen molar-refractivity contribution in [1.29, 1.82) is 0 Å². The van der Waals surface area contributed by atoms with Crippen LogP contribution < -0.4 is 16.0 Å². The number of nitrogens with two attached hydrogens (primary N) is 1. The fourth-order valence-corrected chi connectivity index (χ4v) is 2.99. The van der Waals surface area contributed by atoms with Crippen LogP contribution in [0.1, 0.15) is 10.4 Å². The Morgan fingerprint density at radius 2 is 1.85 bits per heavy atom. The fourth-order valence-electron chi connectivity index (χ4n) is 2.61. The van der Waals surface area contributed by atoms with Crippen molar-refractivity contribution >= 4 is 50.6 Å². The molecule has 0 amide bonds. The molecule has 0 aliphatic heterocycles. The zero-order valence-electron chi connectivity index (χ0n) is 14.8. The Morgan fingerprint density at radius 1 is 1.15 bits per heavy atom. The van der Waals surface area contributed by atoms with Crippen molar-refractivity contribution in [2.24, 2.45) is 0 Å². The Bertz CT molecular complexity index is 980. The van der Waals surface area contributed by atoms with Gasteiger partial charge in [-0.15, -0.1) is 0 Å². The van der Waals surface area contributed by atoms with Crippen molar-refractivity contribution < 1.29 is 9.53 Å². The number of para-hydroxylation sites is 2. The minimum Gasteiger partial charge on any atom is -0.465 e. The summed E-state index contributed by atoms with van der Waals surface area (Å²) in [7, 11) is 3.13. The number of methoxy groups -OCH3 is 1. The number of anilines is 5. The maximum atomic E-state index is 12.1. The molecule has 0 saturated heterocycles. The second kappa shape index (κ2) is 8.05. The quantitative estimate of drug-likeness (QED) is 0.591. The van der Waals surface area contributed by atoms with E-state index in [4.69, 9.17) is 10.5 Å². The molecule has 7 nitrogen and oxygen atoms in total. The molecule has 138 valence electrons. The molecule has 27 heavy (non-hydrogen) atoms. The number of rotatable bonds is 5. The first-order chi connectivity index (χ1) is 13.0. The number of nitrogen functional groups attached to an aromatic ring is 1. The second-order valence-electron chi connectivity index (χ2n) is 5.63. The van der Waals surface area contributed by atoms with Crippen molar-refractivity contribution in [1.82, 2.24) is 9.97 Å². The van der Waals surface area contributed by atoms with Gasteiger partial charge in [-0.1, -0.05) is 24.3 Å². The molecule has 2 aromatic carbocycles. The second-order valence-corrected chi connectivity index (χ2v) is 6.49. The standard InChI is InChI=1S/C19H18BrN5O2/c1-25(15-10-6-3-7-12(15)19(26)27-2)18-16(21)17(22-11-23-18)24-14-9-5-4-8-13(14)20/h3-11H,21H2,1-2H3,(H,22,23,24). The van der Waals surface area contributed by atoms with Crippen molar-refractivity contribution in [2.45, 2.75) is 0 Å². The van der Waals surface area contributed by atoms with Crippen LogP contribution in [0.15, 0.2) is 59.3 Å². The van der Waals surface area contributed by atoms with E-state index in [1.54, 1.807) is 30.1 Å². The molecule has 0 radical (unpaired) electrons. The SMILES string of the molecule is COC(=O)c1ccccc1N(C)c1ncnc(Nc2ccccc2Br)c1N. The molecular formula is C19H18BrN5O2. The first kappa shape index (κ1) is 18.7. The summed E-state index contributed by atoms with van der Waals surface area (Å²) in [6.07, 6.45) is 1.42. The molecule has 3 N–H and O–H groups in total. The highest BCUT2D eigenvalue weighted by Gasteiger charge is 2.19. The lowest BCUT2D eigenvalue weighted by Gasteiger charge is -2.23. The summed E-state index contributed by atoms with van der Waals surface area (Å²) >= 11 is 3.49. The van der Waals surface area contributed by atoms with Crippen molar-refractivity contribution in [3.8, 4) is 0 Å². The van der Waals surface area contributed by atoms with Gasteiger partial charge in [0, 0.05) is 11.5 Å². The van der Waals surface area contributed by atoms with Crippen LogP contribution in [0, 0.1) is 0 Å². The Kier molecular flexibility index (Phi) is 5.56. The van der Waals surface area contributed by atoms with Gasteiger partial charge in [0.15, 0.2) is 11.6 Å². The van der Waals surface area contributed by atoms with Gasteiger partial charge in [0.1, 0.15) is 12.0 Å². The van der Waals surface area contributed by atoms with Crippen LogP contribution in [-0.2, 0) is 4.74 Å². The summed E-state index contributed by atoms with van der Waals surface area (Å²) in [6, 6.07) is 14.7. The predicted octanol–water partition coefficient (Wildman–Crippen LogP) is 4.12. The van der Waals surface area contributed by atoms with Crippen molar-refractivity contribution in [3.05, 3.63) is 64.9 Å². The first-order valence-corrected chi connectivity index (χ1v) is 8.85. The molecule has 0 aliphatic rings.